The van der Waals surface area contributed by atoms with Crippen molar-refractivity contribution in [2.75, 3.05) is 18.6 Å². The van der Waals surface area contributed by atoms with Gasteiger partial charge in [-0.2, -0.15) is 0 Å². The van der Waals surface area contributed by atoms with E-state index in [4.69, 9.17) is 5.73 Å². The number of carbonyl (C=O) groups excluding carboxylic acids is 1. The molecule has 0 saturated carbocycles. The first kappa shape index (κ1) is 18.4. The number of rotatable bonds is 11. The third-order valence-corrected chi connectivity index (χ3v) is 3.94. The van der Waals surface area contributed by atoms with Gasteiger partial charge in [0.25, 0.3) is 0 Å². The smallest absolute Gasteiger partial charge is 0.236 e. The Balaban J connectivity index is 3.57. The molecule has 5 nitrogen and oxygen atoms in total. The Morgan fingerprint density at radius 2 is 1.74 bits per heavy atom. The Morgan fingerprint density at radius 3 is 2.32 bits per heavy atom. The lowest BCUT2D eigenvalue weighted by Crippen LogP contribution is -2.41. The number of unbranched alkanes of at least 4 members (excludes halogenated alkanes) is 5. The maximum Gasteiger partial charge on any atom is 0.236 e. The largest absolute Gasteiger partial charge is 0.355 e. The Bertz CT molecular complexity index is 342. The maximum atomic E-state index is 11.6. The third-order valence-electron chi connectivity index (χ3n) is 2.97. The minimum atomic E-state index is -3.05. The van der Waals surface area contributed by atoms with Crippen molar-refractivity contribution < 1.29 is 13.2 Å². The fourth-order valence-corrected chi connectivity index (χ4v) is 2.40. The van der Waals surface area contributed by atoms with E-state index in [-0.39, 0.29) is 18.1 Å². The van der Waals surface area contributed by atoms with E-state index in [0.29, 0.717) is 6.54 Å². The van der Waals surface area contributed by atoms with Crippen molar-refractivity contribution in [2.45, 2.75) is 57.9 Å². The number of sulfone groups is 1. The van der Waals surface area contributed by atoms with Gasteiger partial charge in [-0.15, -0.1) is 0 Å². The quantitative estimate of drug-likeness (QED) is 0.560. The predicted octanol–water partition coefficient (Wildman–Crippen LogP) is 1.23. The van der Waals surface area contributed by atoms with Gasteiger partial charge in [-0.05, 0) is 12.8 Å². The maximum absolute atomic E-state index is 11.6. The lowest BCUT2D eigenvalue weighted by atomic mass is 10.1. The molecule has 0 aliphatic carbocycles. The number of nitrogens with two attached hydrogens (primary N) is 1. The summed E-state index contributed by atoms with van der Waals surface area (Å²) in [5.41, 5.74) is 5.63. The van der Waals surface area contributed by atoms with Crippen LogP contribution in [0.15, 0.2) is 0 Å². The molecular formula is C13H28N2O3S. The van der Waals surface area contributed by atoms with Gasteiger partial charge in [0.05, 0.1) is 11.8 Å². The molecule has 0 spiro atoms. The number of hydrogen-bond acceptors (Lipinski definition) is 4. The van der Waals surface area contributed by atoms with Gasteiger partial charge in [-0.1, -0.05) is 39.0 Å². The van der Waals surface area contributed by atoms with E-state index in [9.17, 15) is 13.2 Å². The fraction of sp³-hybridized carbons (Fsp3) is 0.923. The van der Waals surface area contributed by atoms with Crippen molar-refractivity contribution in [3.63, 3.8) is 0 Å². The summed E-state index contributed by atoms with van der Waals surface area (Å²) in [7, 11) is -3.05. The molecule has 0 saturated heterocycles. The van der Waals surface area contributed by atoms with Crippen LogP contribution in [0.25, 0.3) is 0 Å². The van der Waals surface area contributed by atoms with Gasteiger partial charge in [-0.25, -0.2) is 8.42 Å². The van der Waals surface area contributed by atoms with Crippen molar-refractivity contribution in [1.29, 1.82) is 0 Å². The van der Waals surface area contributed by atoms with Gasteiger partial charge in [-0.3, -0.25) is 4.79 Å². The first-order chi connectivity index (χ1) is 8.87. The van der Waals surface area contributed by atoms with Gasteiger partial charge >= 0.3 is 0 Å². The van der Waals surface area contributed by atoms with Crippen molar-refractivity contribution in [3.05, 3.63) is 0 Å². The molecule has 1 atom stereocenters. The first-order valence-corrected chi connectivity index (χ1v) is 9.14. The summed E-state index contributed by atoms with van der Waals surface area (Å²) in [6.45, 7) is 2.80. The molecule has 0 aromatic carbocycles. The average molecular weight is 292 g/mol. The molecule has 0 rings (SSSR count). The van der Waals surface area contributed by atoms with Crippen molar-refractivity contribution in [1.82, 2.24) is 5.32 Å². The van der Waals surface area contributed by atoms with E-state index in [1.807, 2.05) is 0 Å². The molecule has 6 heteroatoms. The second-order valence-corrected chi connectivity index (χ2v) is 7.34. The summed E-state index contributed by atoms with van der Waals surface area (Å²) in [5.74, 6) is -0.296. The standard InChI is InChI=1S/C13H28N2O3S/c1-3-4-5-6-7-8-10-15-13(16)12(14)9-11-19(2,17)18/h12H,3-11,14H2,1-2H3,(H,15,16). The molecule has 3 N–H and O–H groups in total. The highest BCUT2D eigenvalue weighted by atomic mass is 32.2. The summed E-state index contributed by atoms with van der Waals surface area (Å²) in [6.07, 6.45) is 8.33. The molecule has 0 aromatic heterocycles. The lowest BCUT2D eigenvalue weighted by molar-refractivity contribution is -0.122. The van der Waals surface area contributed by atoms with Crippen LogP contribution in [0.4, 0.5) is 0 Å². The van der Waals surface area contributed by atoms with Gasteiger partial charge in [0.2, 0.25) is 5.91 Å². The molecule has 0 radical (unpaired) electrons. The summed E-state index contributed by atoms with van der Waals surface area (Å²) >= 11 is 0. The first-order valence-electron chi connectivity index (χ1n) is 7.08. The van der Waals surface area contributed by atoms with Crippen LogP contribution in [0.1, 0.15) is 51.9 Å². The van der Waals surface area contributed by atoms with Crippen LogP contribution >= 0.6 is 0 Å². The average Bonchev–Trinajstić information content (AvgIpc) is 2.33. The van der Waals surface area contributed by atoms with Gasteiger partial charge in [0.1, 0.15) is 9.84 Å². The molecule has 1 unspecified atom stereocenters. The third kappa shape index (κ3) is 12.2. The highest BCUT2D eigenvalue weighted by Gasteiger charge is 2.15. The van der Waals surface area contributed by atoms with Crippen LogP contribution in [0, 0.1) is 0 Å². The zero-order valence-corrected chi connectivity index (χ0v) is 13.0. The molecule has 0 fully saturated rings. The monoisotopic (exact) mass is 292 g/mol. The molecule has 0 aromatic rings. The van der Waals surface area contributed by atoms with Crippen molar-refractivity contribution >= 4 is 15.7 Å². The van der Waals surface area contributed by atoms with Crippen molar-refractivity contribution in [2.24, 2.45) is 5.73 Å². The summed E-state index contributed by atoms with van der Waals surface area (Å²) in [5, 5.41) is 2.75. The molecule has 19 heavy (non-hydrogen) atoms. The molecule has 0 aliphatic heterocycles. The van der Waals surface area contributed by atoms with E-state index in [0.717, 1.165) is 19.1 Å². The minimum absolute atomic E-state index is 0.0431. The number of hydrogen-bond donors (Lipinski definition) is 2. The van der Waals surface area contributed by atoms with E-state index < -0.39 is 15.9 Å². The topological polar surface area (TPSA) is 89.3 Å². The van der Waals surface area contributed by atoms with Gasteiger partial charge in [0, 0.05) is 12.8 Å². The number of nitrogens with one attached hydrogen (secondary N) is 1. The summed E-state index contributed by atoms with van der Waals surface area (Å²) in [6, 6.07) is -0.727. The van der Waals surface area contributed by atoms with Crippen LogP contribution in [0.2, 0.25) is 0 Å². The zero-order chi connectivity index (χ0) is 14.7. The molecule has 114 valence electrons. The SMILES string of the molecule is CCCCCCCCNC(=O)C(N)CCS(C)(=O)=O. The van der Waals surface area contributed by atoms with Crippen LogP contribution in [0.5, 0.6) is 0 Å². The predicted molar refractivity (Wildman–Crippen MR) is 78.7 cm³/mol. The molecule has 0 aliphatic rings. The molecule has 1 amide bonds. The van der Waals surface area contributed by atoms with Crippen LogP contribution in [-0.2, 0) is 14.6 Å². The summed E-state index contributed by atoms with van der Waals surface area (Å²) in [4.78, 5) is 11.6. The molecule has 0 heterocycles. The van der Waals surface area contributed by atoms with Crippen LogP contribution < -0.4 is 11.1 Å². The highest BCUT2D eigenvalue weighted by Crippen LogP contribution is 2.04. The Morgan fingerprint density at radius 1 is 1.16 bits per heavy atom. The second kappa shape index (κ2) is 10.2. The Kier molecular flexibility index (Phi) is 9.87. The van der Waals surface area contributed by atoms with E-state index in [2.05, 4.69) is 12.2 Å². The fourth-order valence-electron chi connectivity index (χ4n) is 1.72. The van der Waals surface area contributed by atoms with E-state index in [1.165, 1.54) is 25.7 Å². The molecular weight excluding hydrogens is 264 g/mol. The number of amides is 1. The van der Waals surface area contributed by atoms with E-state index >= 15 is 0 Å². The van der Waals surface area contributed by atoms with Crippen molar-refractivity contribution in [3.8, 4) is 0 Å². The van der Waals surface area contributed by atoms with Gasteiger partial charge < -0.3 is 11.1 Å². The Labute approximate surface area is 117 Å². The van der Waals surface area contributed by atoms with Crippen LogP contribution in [0.3, 0.4) is 0 Å². The Hall–Kier alpha value is -0.620. The van der Waals surface area contributed by atoms with Gasteiger partial charge in [0.15, 0.2) is 0 Å². The minimum Gasteiger partial charge on any atom is -0.355 e. The lowest BCUT2D eigenvalue weighted by Gasteiger charge is -2.11. The molecule has 0 bridgehead atoms. The highest BCUT2D eigenvalue weighted by molar-refractivity contribution is 7.90. The normalized spacial score (nSPS) is 13.2. The second-order valence-electron chi connectivity index (χ2n) is 5.08. The van der Waals surface area contributed by atoms with E-state index in [1.54, 1.807) is 0 Å². The van der Waals surface area contributed by atoms with Crippen LogP contribution in [-0.4, -0.2) is 38.9 Å². The zero-order valence-electron chi connectivity index (χ0n) is 12.2. The summed E-state index contributed by atoms with van der Waals surface area (Å²) < 4.78 is 21.9. The number of carbonyl (C=O) groups is 1.